The van der Waals surface area contributed by atoms with Gasteiger partial charge in [0.25, 0.3) is 0 Å². The molecule has 1 aromatic carbocycles. The zero-order valence-corrected chi connectivity index (χ0v) is 16.6. The Labute approximate surface area is 158 Å². The Kier molecular flexibility index (Phi) is 6.37. The molecule has 3 nitrogen and oxygen atoms in total. The normalized spacial score (nSPS) is 31.2. The van der Waals surface area contributed by atoms with Crippen LogP contribution in [0.5, 0.6) is 0 Å². The van der Waals surface area contributed by atoms with Crippen molar-refractivity contribution in [2.24, 2.45) is 11.8 Å². The third-order valence-corrected chi connectivity index (χ3v) is 6.52. The summed E-state index contributed by atoms with van der Waals surface area (Å²) in [6.45, 7) is 8.79. The maximum Gasteiger partial charge on any atom is 0.0947 e. The SMILES string of the molecule is CCOCC.Cc1ccc2c(c1)CCC1C2CCC2(CO2)[C@H]1CCC#N. The van der Waals surface area contributed by atoms with E-state index < -0.39 is 0 Å². The van der Waals surface area contributed by atoms with Gasteiger partial charge in [0.15, 0.2) is 0 Å². The smallest absolute Gasteiger partial charge is 0.0947 e. The lowest BCUT2D eigenvalue weighted by molar-refractivity contribution is 0.0686. The number of rotatable bonds is 4. The van der Waals surface area contributed by atoms with E-state index in [4.69, 9.17) is 14.7 Å². The Morgan fingerprint density at radius 3 is 2.65 bits per heavy atom. The Bertz CT molecular complexity index is 642. The first-order valence-electron chi connectivity index (χ1n) is 10.3. The number of epoxide rings is 1. The van der Waals surface area contributed by atoms with E-state index in [0.29, 0.717) is 18.3 Å². The van der Waals surface area contributed by atoms with Crippen LogP contribution in [-0.4, -0.2) is 25.4 Å². The molecule has 3 aliphatic rings. The van der Waals surface area contributed by atoms with Crippen molar-refractivity contribution in [3.63, 3.8) is 0 Å². The molecular formula is C23H33NO2. The first-order valence-corrected chi connectivity index (χ1v) is 10.3. The van der Waals surface area contributed by atoms with Gasteiger partial charge in [0, 0.05) is 19.6 Å². The molecule has 2 fully saturated rings. The summed E-state index contributed by atoms with van der Waals surface area (Å²) in [5.41, 5.74) is 4.70. The van der Waals surface area contributed by atoms with E-state index in [0.717, 1.165) is 32.2 Å². The van der Waals surface area contributed by atoms with E-state index in [1.54, 1.807) is 11.1 Å². The second-order valence-corrected chi connectivity index (χ2v) is 7.99. The van der Waals surface area contributed by atoms with Crippen molar-refractivity contribution < 1.29 is 9.47 Å². The minimum atomic E-state index is 0.153. The van der Waals surface area contributed by atoms with Crippen molar-refractivity contribution in [1.29, 1.82) is 5.26 Å². The Morgan fingerprint density at radius 2 is 2.04 bits per heavy atom. The number of fused-ring (bicyclic) bond motifs is 3. The van der Waals surface area contributed by atoms with E-state index in [2.05, 4.69) is 31.2 Å². The van der Waals surface area contributed by atoms with Gasteiger partial charge in [-0.15, -0.1) is 0 Å². The summed E-state index contributed by atoms with van der Waals surface area (Å²) in [5.74, 6) is 2.03. The number of hydrogen-bond donors (Lipinski definition) is 0. The number of benzene rings is 1. The molecule has 1 saturated heterocycles. The summed E-state index contributed by atoms with van der Waals surface area (Å²) in [6.07, 6.45) is 6.65. The molecule has 3 heteroatoms. The standard InChI is InChI=1S/C19H23NO.C4H10O/c1-13-4-6-15-14(11-13)5-7-17-16(15)8-9-19(12-21-19)18(17)3-2-10-20;1-3-5-4-2/h4,6,11,16-18H,2-3,5,7-9,12H2,1H3;3-4H2,1-2H3/t16?,17?,18-,19?;/m0./s1. The molecule has 4 rings (SSSR count). The Morgan fingerprint density at radius 1 is 1.27 bits per heavy atom. The average molecular weight is 356 g/mol. The largest absolute Gasteiger partial charge is 0.382 e. The summed E-state index contributed by atoms with van der Waals surface area (Å²) in [7, 11) is 0. The second kappa shape index (κ2) is 8.55. The van der Waals surface area contributed by atoms with Gasteiger partial charge in [-0.3, -0.25) is 0 Å². The minimum absolute atomic E-state index is 0.153. The van der Waals surface area contributed by atoms with Crippen LogP contribution in [0.1, 0.15) is 68.6 Å². The van der Waals surface area contributed by atoms with Gasteiger partial charge in [-0.25, -0.2) is 0 Å². The van der Waals surface area contributed by atoms with E-state index in [1.807, 2.05) is 13.8 Å². The third kappa shape index (κ3) is 3.97. The van der Waals surface area contributed by atoms with Gasteiger partial charge in [0.05, 0.1) is 18.3 Å². The predicted octanol–water partition coefficient (Wildman–Crippen LogP) is 5.17. The molecule has 3 unspecified atom stereocenters. The molecule has 0 radical (unpaired) electrons. The van der Waals surface area contributed by atoms with Crippen LogP contribution >= 0.6 is 0 Å². The Hall–Kier alpha value is -1.37. The number of nitrogens with zero attached hydrogens (tertiary/aromatic N) is 1. The monoisotopic (exact) mass is 355 g/mol. The minimum Gasteiger partial charge on any atom is -0.382 e. The van der Waals surface area contributed by atoms with Crippen molar-refractivity contribution in [2.75, 3.05) is 19.8 Å². The van der Waals surface area contributed by atoms with E-state index in [9.17, 15) is 0 Å². The van der Waals surface area contributed by atoms with Crippen LogP contribution in [0.15, 0.2) is 18.2 Å². The van der Waals surface area contributed by atoms with Gasteiger partial charge < -0.3 is 9.47 Å². The van der Waals surface area contributed by atoms with Crippen molar-refractivity contribution >= 4 is 0 Å². The fourth-order valence-electron chi connectivity index (χ4n) is 5.25. The predicted molar refractivity (Wildman–Crippen MR) is 104 cm³/mol. The van der Waals surface area contributed by atoms with Gasteiger partial charge in [0.1, 0.15) is 0 Å². The number of aryl methyl sites for hydroxylation is 2. The molecular weight excluding hydrogens is 322 g/mol. The lowest BCUT2D eigenvalue weighted by atomic mass is 9.59. The molecule has 0 N–H and O–H groups in total. The van der Waals surface area contributed by atoms with Gasteiger partial charge in [-0.2, -0.15) is 5.26 Å². The quantitative estimate of drug-likeness (QED) is 0.700. The molecule has 0 bridgehead atoms. The highest BCUT2D eigenvalue weighted by Crippen LogP contribution is 2.58. The summed E-state index contributed by atoms with van der Waals surface area (Å²) >= 11 is 0. The maximum atomic E-state index is 8.98. The zero-order valence-electron chi connectivity index (χ0n) is 16.6. The molecule has 1 aromatic rings. The number of nitriles is 1. The summed E-state index contributed by atoms with van der Waals surface area (Å²) < 4.78 is 10.7. The van der Waals surface area contributed by atoms with Gasteiger partial charge in [-0.1, -0.05) is 23.8 Å². The van der Waals surface area contributed by atoms with Crippen LogP contribution in [0.4, 0.5) is 0 Å². The molecule has 0 amide bonds. The lowest BCUT2D eigenvalue weighted by Gasteiger charge is -2.45. The van der Waals surface area contributed by atoms with E-state index >= 15 is 0 Å². The van der Waals surface area contributed by atoms with Gasteiger partial charge in [-0.05, 0) is 81.8 Å². The maximum absolute atomic E-state index is 8.98. The molecule has 1 aliphatic heterocycles. The first-order chi connectivity index (χ1) is 12.6. The highest BCUT2D eigenvalue weighted by molar-refractivity contribution is 5.38. The molecule has 0 aromatic heterocycles. The third-order valence-electron chi connectivity index (χ3n) is 6.52. The van der Waals surface area contributed by atoms with Crippen LogP contribution in [0.2, 0.25) is 0 Å². The highest BCUT2D eigenvalue weighted by Gasteiger charge is 2.58. The average Bonchev–Trinajstić information content (AvgIpc) is 3.42. The topological polar surface area (TPSA) is 45.5 Å². The molecule has 1 heterocycles. The molecule has 142 valence electrons. The summed E-state index contributed by atoms with van der Waals surface area (Å²) in [6, 6.07) is 9.37. The molecule has 1 saturated carbocycles. The fourth-order valence-corrected chi connectivity index (χ4v) is 5.25. The van der Waals surface area contributed by atoms with E-state index in [1.165, 1.54) is 31.2 Å². The van der Waals surface area contributed by atoms with Crippen molar-refractivity contribution in [3.05, 3.63) is 34.9 Å². The first kappa shape index (κ1) is 19.4. The second-order valence-electron chi connectivity index (χ2n) is 7.99. The zero-order chi connectivity index (χ0) is 18.6. The van der Waals surface area contributed by atoms with Crippen molar-refractivity contribution in [2.45, 2.75) is 70.8 Å². The van der Waals surface area contributed by atoms with Crippen LogP contribution < -0.4 is 0 Å². The molecule has 2 aliphatic carbocycles. The number of hydrogen-bond acceptors (Lipinski definition) is 3. The lowest BCUT2D eigenvalue weighted by Crippen LogP contribution is -2.41. The van der Waals surface area contributed by atoms with Crippen LogP contribution in [0, 0.1) is 30.1 Å². The van der Waals surface area contributed by atoms with Crippen molar-refractivity contribution in [3.8, 4) is 6.07 Å². The fraction of sp³-hybridized carbons (Fsp3) is 0.696. The molecule has 4 atom stereocenters. The van der Waals surface area contributed by atoms with Crippen LogP contribution in [-0.2, 0) is 15.9 Å². The van der Waals surface area contributed by atoms with Crippen molar-refractivity contribution in [1.82, 2.24) is 0 Å². The highest BCUT2D eigenvalue weighted by atomic mass is 16.6. The molecule has 1 spiro atoms. The van der Waals surface area contributed by atoms with Crippen LogP contribution in [0.3, 0.4) is 0 Å². The van der Waals surface area contributed by atoms with Gasteiger partial charge in [0.2, 0.25) is 0 Å². The molecule has 26 heavy (non-hydrogen) atoms. The van der Waals surface area contributed by atoms with E-state index in [-0.39, 0.29) is 5.60 Å². The van der Waals surface area contributed by atoms with Crippen LogP contribution in [0.25, 0.3) is 0 Å². The number of ether oxygens (including phenoxy) is 2. The summed E-state index contributed by atoms with van der Waals surface area (Å²) in [5, 5.41) is 8.98. The summed E-state index contributed by atoms with van der Waals surface area (Å²) in [4.78, 5) is 0. The Balaban J connectivity index is 0.000000349. The van der Waals surface area contributed by atoms with Gasteiger partial charge >= 0.3 is 0 Å².